The minimum Gasteiger partial charge on any atom is -0.508 e. The van der Waals surface area contributed by atoms with Crippen molar-refractivity contribution in [3.05, 3.63) is 45.7 Å². The predicted octanol–water partition coefficient (Wildman–Crippen LogP) is 3.04. The SMILES string of the molecule is CC(C)[C@@H]1C(=O)C(C(N)=O)=C(O)[C@@]2(O)C(=O)C3=C(O)c4c(O)ccc(CC5CCCC5)c4C[C@H]3C[C@@H]12. The van der Waals surface area contributed by atoms with Gasteiger partial charge in [-0.05, 0) is 54.2 Å². The van der Waals surface area contributed by atoms with Crippen molar-refractivity contribution in [3.63, 3.8) is 0 Å². The standard InChI is InChI=1S/C28H33NO7/c1-12(2)19-17-11-15-10-16-14(9-13-5-3-4-6-13)7-8-18(30)21(16)24(32)20(15)25(33)28(17,36)26(34)22(23(19)31)27(29)35/h7-8,12-13,15,17,19,30,32,34,36H,3-6,9-11H2,1-2H3,(H2,29,35)/t15-,17-,19-,28-/m0/s1. The van der Waals surface area contributed by atoms with E-state index < -0.39 is 57.9 Å². The van der Waals surface area contributed by atoms with E-state index in [1.165, 1.54) is 18.9 Å². The molecule has 0 aromatic heterocycles. The van der Waals surface area contributed by atoms with Gasteiger partial charge >= 0.3 is 0 Å². The summed E-state index contributed by atoms with van der Waals surface area (Å²) in [5, 5.41) is 44.6. The van der Waals surface area contributed by atoms with E-state index in [4.69, 9.17) is 5.73 Å². The number of fused-ring (bicyclic) bond motifs is 3. The van der Waals surface area contributed by atoms with Gasteiger partial charge in [-0.2, -0.15) is 0 Å². The van der Waals surface area contributed by atoms with Crippen LogP contribution in [0.25, 0.3) is 5.76 Å². The Hall–Kier alpha value is -3.13. The summed E-state index contributed by atoms with van der Waals surface area (Å²) in [5.41, 5.74) is 3.92. The zero-order valence-electron chi connectivity index (χ0n) is 20.6. The van der Waals surface area contributed by atoms with E-state index >= 15 is 0 Å². The molecule has 2 saturated carbocycles. The van der Waals surface area contributed by atoms with Crippen LogP contribution in [0.2, 0.25) is 0 Å². The van der Waals surface area contributed by atoms with Crippen molar-refractivity contribution in [2.75, 3.05) is 0 Å². The molecule has 2 fully saturated rings. The number of hydrogen-bond acceptors (Lipinski definition) is 7. The first kappa shape index (κ1) is 24.6. The number of Topliss-reactive ketones (excluding diaryl/α,β-unsaturated/α-hetero) is 2. The van der Waals surface area contributed by atoms with Gasteiger partial charge in [-0.25, -0.2) is 0 Å². The highest BCUT2D eigenvalue weighted by Crippen LogP contribution is 2.55. The van der Waals surface area contributed by atoms with Crippen molar-refractivity contribution >= 4 is 23.2 Å². The van der Waals surface area contributed by atoms with E-state index in [-0.39, 0.29) is 29.2 Å². The molecule has 1 amide bonds. The molecule has 4 aliphatic carbocycles. The van der Waals surface area contributed by atoms with E-state index in [1.807, 2.05) is 6.07 Å². The van der Waals surface area contributed by atoms with E-state index in [0.29, 0.717) is 12.3 Å². The van der Waals surface area contributed by atoms with E-state index in [0.717, 1.165) is 30.4 Å². The largest absolute Gasteiger partial charge is 0.508 e. The molecule has 4 atom stereocenters. The number of ketones is 2. The quantitative estimate of drug-likeness (QED) is 0.402. The number of carbonyl (C=O) groups is 3. The third kappa shape index (κ3) is 3.34. The lowest BCUT2D eigenvalue weighted by atomic mass is 9.54. The Morgan fingerprint density at radius 1 is 1.14 bits per heavy atom. The van der Waals surface area contributed by atoms with E-state index in [9.17, 15) is 34.8 Å². The summed E-state index contributed by atoms with van der Waals surface area (Å²) >= 11 is 0. The number of aliphatic hydroxyl groups is 3. The summed E-state index contributed by atoms with van der Waals surface area (Å²) in [6.07, 6.45) is 5.95. The van der Waals surface area contributed by atoms with Gasteiger partial charge in [0, 0.05) is 17.4 Å². The van der Waals surface area contributed by atoms with Crippen LogP contribution in [-0.2, 0) is 27.2 Å². The molecule has 1 aromatic carbocycles. The van der Waals surface area contributed by atoms with Gasteiger partial charge < -0.3 is 26.2 Å². The minimum absolute atomic E-state index is 0.0956. The molecule has 192 valence electrons. The first-order valence-corrected chi connectivity index (χ1v) is 12.8. The molecule has 0 aliphatic heterocycles. The summed E-state index contributed by atoms with van der Waals surface area (Å²) in [4.78, 5) is 39.1. The van der Waals surface area contributed by atoms with Gasteiger partial charge in [-0.1, -0.05) is 45.6 Å². The van der Waals surface area contributed by atoms with Crippen molar-refractivity contribution in [3.8, 4) is 5.75 Å². The van der Waals surface area contributed by atoms with Gasteiger partial charge in [-0.15, -0.1) is 0 Å². The molecule has 0 bridgehead atoms. The number of phenolic OH excluding ortho intramolecular Hbond substituents is 1. The summed E-state index contributed by atoms with van der Waals surface area (Å²) < 4.78 is 0. The van der Waals surface area contributed by atoms with Crippen LogP contribution in [0, 0.1) is 29.6 Å². The number of nitrogens with two attached hydrogens (primary N) is 1. The van der Waals surface area contributed by atoms with Gasteiger partial charge in [0.1, 0.15) is 22.8 Å². The maximum atomic E-state index is 13.9. The molecule has 0 radical (unpaired) electrons. The molecule has 5 rings (SSSR count). The van der Waals surface area contributed by atoms with Gasteiger partial charge in [0.15, 0.2) is 11.4 Å². The van der Waals surface area contributed by atoms with Crippen LogP contribution in [0.3, 0.4) is 0 Å². The Labute approximate surface area is 209 Å². The maximum absolute atomic E-state index is 13.9. The number of hydrogen-bond donors (Lipinski definition) is 5. The molecule has 8 nitrogen and oxygen atoms in total. The van der Waals surface area contributed by atoms with E-state index in [1.54, 1.807) is 13.8 Å². The second-order valence-electron chi connectivity index (χ2n) is 11.3. The Kier molecular flexibility index (Phi) is 5.78. The molecule has 1 aromatic rings. The summed E-state index contributed by atoms with van der Waals surface area (Å²) in [7, 11) is 0. The molecule has 0 saturated heterocycles. The molecule has 0 spiro atoms. The van der Waals surface area contributed by atoms with Gasteiger partial charge in [-0.3, -0.25) is 14.4 Å². The lowest BCUT2D eigenvalue weighted by molar-refractivity contribution is -0.155. The van der Waals surface area contributed by atoms with Crippen LogP contribution in [-0.4, -0.2) is 43.5 Å². The number of benzene rings is 1. The lowest BCUT2D eigenvalue weighted by Gasteiger charge is -2.50. The Morgan fingerprint density at radius 3 is 2.42 bits per heavy atom. The first-order chi connectivity index (χ1) is 17.0. The van der Waals surface area contributed by atoms with Crippen molar-refractivity contribution in [1.82, 2.24) is 0 Å². The Bertz CT molecular complexity index is 1240. The van der Waals surface area contributed by atoms with Gasteiger partial charge in [0.2, 0.25) is 5.78 Å². The normalized spacial score (nSPS) is 30.5. The topological polar surface area (TPSA) is 158 Å². The number of primary amides is 1. The molecule has 36 heavy (non-hydrogen) atoms. The summed E-state index contributed by atoms with van der Waals surface area (Å²) in [6.45, 7) is 3.51. The lowest BCUT2D eigenvalue weighted by Crippen LogP contribution is -2.62. The van der Waals surface area contributed by atoms with Crippen LogP contribution in [0.5, 0.6) is 5.75 Å². The van der Waals surface area contributed by atoms with Crippen LogP contribution in [0.15, 0.2) is 29.0 Å². The zero-order valence-corrected chi connectivity index (χ0v) is 20.6. The third-order valence-corrected chi connectivity index (χ3v) is 8.93. The highest BCUT2D eigenvalue weighted by molar-refractivity contribution is 6.23. The van der Waals surface area contributed by atoms with Crippen LogP contribution in [0.1, 0.15) is 62.6 Å². The fraction of sp³-hybridized carbons (Fsp3) is 0.536. The molecular formula is C28H33NO7. The Morgan fingerprint density at radius 2 is 1.81 bits per heavy atom. The van der Waals surface area contributed by atoms with Crippen LogP contribution < -0.4 is 5.73 Å². The monoisotopic (exact) mass is 495 g/mol. The molecule has 6 N–H and O–H groups in total. The fourth-order valence-corrected chi connectivity index (χ4v) is 7.27. The van der Waals surface area contributed by atoms with Crippen molar-refractivity contribution in [2.24, 2.45) is 35.3 Å². The average molecular weight is 496 g/mol. The van der Waals surface area contributed by atoms with Crippen molar-refractivity contribution in [2.45, 2.75) is 64.4 Å². The van der Waals surface area contributed by atoms with Crippen LogP contribution in [0.4, 0.5) is 0 Å². The first-order valence-electron chi connectivity index (χ1n) is 12.8. The minimum atomic E-state index is -2.57. The average Bonchev–Trinajstić information content (AvgIpc) is 3.31. The second-order valence-corrected chi connectivity index (χ2v) is 11.3. The second kappa shape index (κ2) is 8.47. The maximum Gasteiger partial charge on any atom is 0.255 e. The summed E-state index contributed by atoms with van der Waals surface area (Å²) in [6, 6.07) is 3.39. The van der Waals surface area contributed by atoms with Crippen molar-refractivity contribution in [1.29, 1.82) is 0 Å². The van der Waals surface area contributed by atoms with Crippen LogP contribution >= 0.6 is 0 Å². The highest BCUT2D eigenvalue weighted by Gasteiger charge is 2.64. The van der Waals surface area contributed by atoms with Gasteiger partial charge in [0.05, 0.1) is 5.56 Å². The molecule has 8 heteroatoms. The van der Waals surface area contributed by atoms with Gasteiger partial charge in [0.25, 0.3) is 5.91 Å². The zero-order chi connectivity index (χ0) is 26.1. The molecule has 0 unspecified atom stereocenters. The predicted molar refractivity (Wildman–Crippen MR) is 131 cm³/mol. The number of phenols is 1. The molecule has 0 heterocycles. The number of aromatic hydroxyl groups is 1. The number of amides is 1. The summed E-state index contributed by atoms with van der Waals surface area (Å²) in [5.74, 6) is -6.72. The smallest absolute Gasteiger partial charge is 0.255 e. The molecule has 4 aliphatic rings. The van der Waals surface area contributed by atoms with Crippen molar-refractivity contribution < 1.29 is 34.8 Å². The number of aliphatic hydroxyl groups excluding tert-OH is 2. The third-order valence-electron chi connectivity index (χ3n) is 8.93. The molecular weight excluding hydrogens is 462 g/mol. The fourth-order valence-electron chi connectivity index (χ4n) is 7.27. The number of rotatable bonds is 4. The Balaban J connectivity index is 1.67. The van der Waals surface area contributed by atoms with E-state index in [2.05, 4.69) is 0 Å². The number of carbonyl (C=O) groups excluding carboxylic acids is 3. The highest BCUT2D eigenvalue weighted by atomic mass is 16.3.